The van der Waals surface area contributed by atoms with Gasteiger partial charge in [-0.1, -0.05) is 6.92 Å². The zero-order chi connectivity index (χ0) is 14.3. The number of hydrogen-bond acceptors (Lipinski definition) is 5. The summed E-state index contributed by atoms with van der Waals surface area (Å²) < 4.78 is 10.0. The topological polar surface area (TPSA) is 64.6 Å². The number of rotatable bonds is 7. The van der Waals surface area contributed by atoms with Gasteiger partial charge in [0.25, 0.3) is 0 Å². The molecule has 0 unspecified atom stereocenters. The highest BCUT2D eigenvalue weighted by atomic mass is 16.5. The molecular formula is C14H19NO4. The van der Waals surface area contributed by atoms with Crippen molar-refractivity contribution in [2.45, 2.75) is 19.9 Å². The lowest BCUT2D eigenvalue weighted by Gasteiger charge is -2.20. The Balaban J connectivity index is 2.80. The smallest absolute Gasteiger partial charge is 0.329 e. The van der Waals surface area contributed by atoms with E-state index in [0.717, 1.165) is 17.7 Å². The first kappa shape index (κ1) is 15.0. The van der Waals surface area contributed by atoms with Crippen molar-refractivity contribution in [3.63, 3.8) is 0 Å². The van der Waals surface area contributed by atoms with Gasteiger partial charge in [-0.05, 0) is 31.2 Å². The minimum absolute atomic E-state index is 0.283. The van der Waals surface area contributed by atoms with Crippen molar-refractivity contribution >= 4 is 17.9 Å². The van der Waals surface area contributed by atoms with Crippen molar-refractivity contribution in [3.8, 4) is 5.75 Å². The summed E-state index contributed by atoms with van der Waals surface area (Å²) in [6.45, 7) is 3.68. The number of carbonyl (C=O) groups excluding carboxylic acids is 2. The standard InChI is InChI=1S/C14H19NO4/c1-4-19-14(17)13(10(2)9-16)15-11-5-7-12(18-3)8-6-11/h5-10,13,15H,4H2,1-3H3/t10-,13+/m0/s1. The minimum atomic E-state index is -0.689. The van der Waals surface area contributed by atoms with Crippen LogP contribution >= 0.6 is 0 Å². The normalized spacial score (nSPS) is 13.2. The molecule has 19 heavy (non-hydrogen) atoms. The molecule has 1 aromatic carbocycles. The van der Waals surface area contributed by atoms with Crippen LogP contribution in [0.1, 0.15) is 13.8 Å². The van der Waals surface area contributed by atoms with Gasteiger partial charge in [-0.2, -0.15) is 0 Å². The van der Waals surface area contributed by atoms with Crippen LogP contribution in [-0.2, 0) is 14.3 Å². The predicted molar refractivity (Wildman–Crippen MR) is 72.3 cm³/mol. The number of esters is 1. The molecule has 0 spiro atoms. The highest BCUT2D eigenvalue weighted by molar-refractivity contribution is 5.83. The fourth-order valence-electron chi connectivity index (χ4n) is 1.58. The van der Waals surface area contributed by atoms with Crippen LogP contribution in [0, 0.1) is 5.92 Å². The molecule has 0 radical (unpaired) electrons. The van der Waals surface area contributed by atoms with Crippen molar-refractivity contribution in [2.24, 2.45) is 5.92 Å². The largest absolute Gasteiger partial charge is 0.497 e. The Hall–Kier alpha value is -2.04. The van der Waals surface area contributed by atoms with E-state index in [4.69, 9.17) is 9.47 Å². The third-order valence-corrected chi connectivity index (χ3v) is 2.69. The van der Waals surface area contributed by atoms with Crippen molar-refractivity contribution < 1.29 is 19.1 Å². The Morgan fingerprint density at radius 1 is 1.37 bits per heavy atom. The quantitative estimate of drug-likeness (QED) is 0.602. The molecule has 0 heterocycles. The summed E-state index contributed by atoms with van der Waals surface area (Å²) in [6.07, 6.45) is 0.734. The van der Waals surface area contributed by atoms with Crippen LogP contribution in [0.4, 0.5) is 5.69 Å². The van der Waals surface area contributed by atoms with Gasteiger partial charge in [0.05, 0.1) is 13.7 Å². The fraction of sp³-hybridized carbons (Fsp3) is 0.429. The molecular weight excluding hydrogens is 246 g/mol. The van der Waals surface area contributed by atoms with Crippen LogP contribution in [0.3, 0.4) is 0 Å². The van der Waals surface area contributed by atoms with E-state index >= 15 is 0 Å². The molecule has 0 aliphatic rings. The Morgan fingerprint density at radius 2 is 2.00 bits per heavy atom. The number of methoxy groups -OCH3 is 1. The summed E-state index contributed by atoms with van der Waals surface area (Å²) in [6, 6.07) is 6.42. The lowest BCUT2D eigenvalue weighted by atomic mass is 10.0. The van der Waals surface area contributed by atoms with E-state index in [1.165, 1.54) is 0 Å². The predicted octanol–water partition coefficient (Wildman–Crippen LogP) is 1.87. The number of ether oxygens (including phenoxy) is 2. The number of hydrogen-bond donors (Lipinski definition) is 1. The minimum Gasteiger partial charge on any atom is -0.497 e. The van der Waals surface area contributed by atoms with Crippen LogP contribution in [0.5, 0.6) is 5.75 Å². The highest BCUT2D eigenvalue weighted by Gasteiger charge is 2.25. The molecule has 0 aromatic heterocycles. The zero-order valence-corrected chi connectivity index (χ0v) is 11.4. The summed E-state index contributed by atoms with van der Waals surface area (Å²) in [5.74, 6) is -0.180. The molecule has 1 N–H and O–H groups in total. The monoisotopic (exact) mass is 265 g/mol. The Morgan fingerprint density at radius 3 is 2.47 bits per heavy atom. The van der Waals surface area contributed by atoms with Gasteiger partial charge < -0.3 is 19.6 Å². The molecule has 1 rings (SSSR count). The van der Waals surface area contributed by atoms with Crippen LogP contribution < -0.4 is 10.1 Å². The number of benzene rings is 1. The second-order valence-electron chi connectivity index (χ2n) is 4.10. The molecule has 0 bridgehead atoms. The maximum Gasteiger partial charge on any atom is 0.329 e. The molecule has 104 valence electrons. The van der Waals surface area contributed by atoms with E-state index in [-0.39, 0.29) is 6.61 Å². The van der Waals surface area contributed by atoms with Gasteiger partial charge >= 0.3 is 5.97 Å². The average molecular weight is 265 g/mol. The molecule has 2 atom stereocenters. The Kier molecular flexibility index (Phi) is 5.85. The first-order valence-electron chi connectivity index (χ1n) is 6.14. The fourth-order valence-corrected chi connectivity index (χ4v) is 1.58. The molecule has 0 aliphatic heterocycles. The molecule has 1 aromatic rings. The second-order valence-corrected chi connectivity index (χ2v) is 4.10. The van der Waals surface area contributed by atoms with E-state index in [0.29, 0.717) is 0 Å². The molecule has 5 nitrogen and oxygen atoms in total. The van der Waals surface area contributed by atoms with E-state index in [2.05, 4.69) is 5.32 Å². The Labute approximate surface area is 112 Å². The molecule has 0 amide bonds. The van der Waals surface area contributed by atoms with E-state index in [9.17, 15) is 9.59 Å². The number of anilines is 1. The number of aldehydes is 1. The highest BCUT2D eigenvalue weighted by Crippen LogP contribution is 2.18. The van der Waals surface area contributed by atoms with Crippen molar-refractivity contribution in [3.05, 3.63) is 24.3 Å². The molecule has 0 saturated heterocycles. The van der Waals surface area contributed by atoms with Gasteiger partial charge in [0.2, 0.25) is 0 Å². The summed E-state index contributed by atoms with van der Waals surface area (Å²) in [4.78, 5) is 22.7. The van der Waals surface area contributed by atoms with Gasteiger partial charge in [-0.15, -0.1) is 0 Å². The van der Waals surface area contributed by atoms with Crippen LogP contribution in [0.15, 0.2) is 24.3 Å². The van der Waals surface area contributed by atoms with Crippen LogP contribution in [-0.4, -0.2) is 32.0 Å². The number of carbonyl (C=O) groups is 2. The average Bonchev–Trinajstić information content (AvgIpc) is 2.44. The molecule has 0 aliphatic carbocycles. The van der Waals surface area contributed by atoms with Gasteiger partial charge in [-0.25, -0.2) is 4.79 Å². The van der Waals surface area contributed by atoms with Gasteiger partial charge in [-0.3, -0.25) is 0 Å². The van der Waals surface area contributed by atoms with Gasteiger partial charge in [0.15, 0.2) is 0 Å². The van der Waals surface area contributed by atoms with Crippen molar-refractivity contribution in [1.29, 1.82) is 0 Å². The first-order chi connectivity index (χ1) is 9.12. The summed E-state index contributed by atoms with van der Waals surface area (Å²) in [7, 11) is 1.58. The SMILES string of the molecule is CCOC(=O)[C@H](Nc1ccc(OC)cc1)[C@@H](C)C=O. The maximum atomic E-state index is 11.8. The molecule has 5 heteroatoms. The first-order valence-corrected chi connectivity index (χ1v) is 6.14. The Bertz CT molecular complexity index is 416. The van der Waals surface area contributed by atoms with Gasteiger partial charge in [0.1, 0.15) is 18.1 Å². The maximum absolute atomic E-state index is 11.8. The van der Waals surface area contributed by atoms with Crippen LogP contribution in [0.25, 0.3) is 0 Å². The second kappa shape index (κ2) is 7.41. The third kappa shape index (κ3) is 4.28. The molecule has 0 fully saturated rings. The number of nitrogens with one attached hydrogen (secondary N) is 1. The summed E-state index contributed by atoms with van der Waals surface area (Å²) >= 11 is 0. The lowest BCUT2D eigenvalue weighted by Crippen LogP contribution is -2.37. The zero-order valence-electron chi connectivity index (χ0n) is 11.4. The van der Waals surface area contributed by atoms with Gasteiger partial charge in [0, 0.05) is 11.6 Å². The third-order valence-electron chi connectivity index (χ3n) is 2.69. The summed E-state index contributed by atoms with van der Waals surface area (Å²) in [5, 5.41) is 3.00. The van der Waals surface area contributed by atoms with Crippen molar-refractivity contribution in [1.82, 2.24) is 0 Å². The van der Waals surface area contributed by atoms with Crippen molar-refractivity contribution in [2.75, 3.05) is 19.0 Å². The van der Waals surface area contributed by atoms with Crippen LogP contribution in [0.2, 0.25) is 0 Å². The molecule has 0 saturated carbocycles. The van der Waals surface area contributed by atoms with E-state index < -0.39 is 17.9 Å². The van der Waals surface area contributed by atoms with E-state index in [1.807, 2.05) is 0 Å². The summed E-state index contributed by atoms with van der Waals surface area (Å²) in [5.41, 5.74) is 0.729. The van der Waals surface area contributed by atoms with E-state index in [1.54, 1.807) is 45.2 Å². The lowest BCUT2D eigenvalue weighted by molar-refractivity contribution is -0.146.